The van der Waals surface area contributed by atoms with Crippen LogP contribution in [0, 0.1) is 0 Å². The highest BCUT2D eigenvalue weighted by Crippen LogP contribution is 2.20. The van der Waals surface area contributed by atoms with Crippen LogP contribution in [-0.2, 0) is 30.5 Å². The van der Waals surface area contributed by atoms with Gasteiger partial charge in [0.1, 0.15) is 17.7 Å². The van der Waals surface area contributed by atoms with Crippen molar-refractivity contribution in [1.82, 2.24) is 25.8 Å². The zero-order chi connectivity index (χ0) is 32.3. The highest BCUT2D eigenvalue weighted by molar-refractivity contribution is 5.99. The first-order valence-corrected chi connectivity index (χ1v) is 14.1. The van der Waals surface area contributed by atoms with Crippen molar-refractivity contribution in [1.29, 1.82) is 0 Å². The van der Waals surface area contributed by atoms with Crippen molar-refractivity contribution in [3.05, 3.63) is 67.4 Å². The minimum absolute atomic E-state index is 0.0976. The first-order chi connectivity index (χ1) is 20.2. The van der Waals surface area contributed by atoms with Crippen molar-refractivity contribution in [2.45, 2.75) is 70.8 Å². The Kier molecular flexibility index (Phi) is 12.5. The van der Waals surface area contributed by atoms with Gasteiger partial charge in [-0.1, -0.05) is 31.9 Å². The van der Waals surface area contributed by atoms with Gasteiger partial charge in [-0.15, -0.1) is 0 Å². The largest absolute Gasteiger partial charge is 0.444 e. The Labute approximate surface area is 253 Å². The highest BCUT2D eigenvalue weighted by Gasteiger charge is 2.38. The molecule has 1 aliphatic rings. The third kappa shape index (κ3) is 10.6. The van der Waals surface area contributed by atoms with E-state index in [2.05, 4.69) is 41.0 Å². The van der Waals surface area contributed by atoms with Gasteiger partial charge in [-0.3, -0.25) is 19.2 Å². The molecule has 5 amide bonds. The Hall–Kier alpha value is -4.61. The number of hydrogen-bond donors (Lipinski definition) is 4. The highest BCUT2D eigenvalue weighted by atomic mass is 16.6. The number of hydrogen-bond acceptors (Lipinski definition) is 7. The maximum atomic E-state index is 13.8. The Bertz CT molecular complexity index is 1240. The molecule has 234 valence electrons. The number of carbonyl (C=O) groups is 5. The summed E-state index contributed by atoms with van der Waals surface area (Å²) in [6, 6.07) is 4.78. The van der Waals surface area contributed by atoms with E-state index in [-0.39, 0.29) is 24.9 Å². The first kappa shape index (κ1) is 34.6. The molecule has 1 heterocycles. The summed E-state index contributed by atoms with van der Waals surface area (Å²) in [5.41, 5.74) is 0.986. The molecule has 0 aliphatic carbocycles. The normalized spacial score (nSPS) is 15.7. The predicted molar refractivity (Wildman–Crippen MR) is 165 cm³/mol. The lowest BCUT2D eigenvalue weighted by molar-refractivity contribution is -0.140. The molecule has 1 fully saturated rings. The van der Waals surface area contributed by atoms with Crippen molar-refractivity contribution in [3.8, 4) is 0 Å². The van der Waals surface area contributed by atoms with Gasteiger partial charge in [-0.05, 0) is 70.4 Å². The van der Waals surface area contributed by atoms with Crippen LogP contribution in [0.2, 0.25) is 0 Å². The van der Waals surface area contributed by atoms with Gasteiger partial charge < -0.3 is 35.8 Å². The number of likely N-dealkylation sites (N-methyl/N-ethyl adjacent to an activating group) is 1. The molecule has 0 unspecified atom stereocenters. The van der Waals surface area contributed by atoms with E-state index in [4.69, 9.17) is 4.74 Å². The van der Waals surface area contributed by atoms with Crippen LogP contribution in [0.4, 0.5) is 10.5 Å². The average molecular weight is 597 g/mol. The number of amides is 5. The molecule has 4 N–H and O–H groups in total. The third-order valence-electron chi connectivity index (χ3n) is 6.78. The summed E-state index contributed by atoms with van der Waals surface area (Å²) in [4.78, 5) is 66.0. The molecule has 0 aromatic heterocycles. The Morgan fingerprint density at radius 3 is 2.42 bits per heavy atom. The molecule has 0 bridgehead atoms. The van der Waals surface area contributed by atoms with Crippen molar-refractivity contribution < 1.29 is 28.7 Å². The quantitative estimate of drug-likeness (QED) is 0.256. The first-order valence-electron chi connectivity index (χ1n) is 14.1. The molecule has 43 heavy (non-hydrogen) atoms. The van der Waals surface area contributed by atoms with Crippen molar-refractivity contribution >= 4 is 35.4 Å². The molecule has 3 atom stereocenters. The molecule has 12 heteroatoms. The predicted octanol–water partition coefficient (Wildman–Crippen LogP) is 2.45. The number of ether oxygens (including phenoxy) is 1. The molecule has 0 radical (unpaired) electrons. The summed E-state index contributed by atoms with van der Waals surface area (Å²) in [5, 5.41) is 11.2. The molecular formula is C31H44N6O6. The van der Waals surface area contributed by atoms with E-state index in [1.54, 1.807) is 52.9 Å². The number of nitrogens with zero attached hydrogens (tertiary/aromatic N) is 2. The lowest BCUT2D eigenvalue weighted by Crippen LogP contribution is -2.56. The van der Waals surface area contributed by atoms with Crippen LogP contribution in [0.3, 0.4) is 0 Å². The molecule has 0 spiro atoms. The summed E-state index contributed by atoms with van der Waals surface area (Å²) in [5.74, 6) is -1.53. The molecule has 0 saturated carbocycles. The summed E-state index contributed by atoms with van der Waals surface area (Å²) in [6.45, 7) is 18.4. The second-order valence-electron chi connectivity index (χ2n) is 11.2. The Balaban J connectivity index is 2.13. The fourth-order valence-corrected chi connectivity index (χ4v) is 4.31. The van der Waals surface area contributed by atoms with E-state index in [9.17, 15) is 24.0 Å². The van der Waals surface area contributed by atoms with Crippen LogP contribution >= 0.6 is 0 Å². The van der Waals surface area contributed by atoms with Crippen LogP contribution in [-0.4, -0.2) is 83.4 Å². The number of carbonyl (C=O) groups excluding carboxylic acids is 5. The summed E-state index contributed by atoms with van der Waals surface area (Å²) in [6.07, 6.45) is 2.80. The maximum Gasteiger partial charge on any atom is 0.410 e. The monoisotopic (exact) mass is 596 g/mol. The molecule has 1 aromatic rings. The number of anilines is 1. The van der Waals surface area contributed by atoms with Gasteiger partial charge in [0, 0.05) is 38.1 Å². The third-order valence-corrected chi connectivity index (χ3v) is 6.78. The van der Waals surface area contributed by atoms with Gasteiger partial charge in [-0.25, -0.2) is 4.79 Å². The number of benzene rings is 1. The van der Waals surface area contributed by atoms with Crippen LogP contribution in [0.15, 0.2) is 61.9 Å². The van der Waals surface area contributed by atoms with Crippen LogP contribution in [0.1, 0.15) is 46.1 Å². The SMILES string of the molecule is C=CC(=O)NC[C@H](NC(=C)[C@H](C)N(C)C(=O)OC(C)(C)C)C(=O)N1CCC[C@H]1C(=O)NCc1cccc(NC(=O)C=C)c1. The Morgan fingerprint density at radius 1 is 1.12 bits per heavy atom. The van der Waals surface area contributed by atoms with Crippen molar-refractivity contribution in [3.63, 3.8) is 0 Å². The van der Waals surface area contributed by atoms with Crippen LogP contribution < -0.4 is 21.3 Å². The second kappa shape index (κ2) is 15.6. The molecule has 2 rings (SSSR count). The maximum absolute atomic E-state index is 13.8. The van der Waals surface area contributed by atoms with Gasteiger partial charge in [0.25, 0.3) is 0 Å². The van der Waals surface area contributed by atoms with Crippen molar-refractivity contribution in [2.75, 3.05) is 25.5 Å². The summed E-state index contributed by atoms with van der Waals surface area (Å²) < 4.78 is 5.43. The van der Waals surface area contributed by atoms with E-state index >= 15 is 0 Å². The van der Waals surface area contributed by atoms with Gasteiger partial charge in [0.05, 0.1) is 6.04 Å². The minimum Gasteiger partial charge on any atom is -0.444 e. The zero-order valence-corrected chi connectivity index (χ0v) is 25.7. The van der Waals surface area contributed by atoms with Gasteiger partial charge in [0.2, 0.25) is 23.6 Å². The van der Waals surface area contributed by atoms with Crippen LogP contribution in [0.5, 0.6) is 0 Å². The van der Waals surface area contributed by atoms with E-state index in [1.807, 2.05) is 6.07 Å². The molecule has 1 aromatic carbocycles. The van der Waals surface area contributed by atoms with E-state index in [0.717, 1.165) is 11.6 Å². The standard InChI is InChI=1S/C31H44N6O6/c1-9-26(38)32-19-24(34-20(3)21(4)36(8)30(42)43-31(5,6)7)29(41)37-16-12-15-25(37)28(40)33-18-22-13-11-14-23(17-22)35-27(39)10-2/h9-11,13-14,17,21,24-25,34H,1-3,12,15-16,18-19H2,4-8H3,(H,32,38)(H,33,40)(H,35,39)/t21-,24-,25-/m0/s1. The number of nitrogens with one attached hydrogen (secondary N) is 4. The fraction of sp³-hybridized carbons (Fsp3) is 0.452. The van der Waals surface area contributed by atoms with E-state index in [1.165, 1.54) is 15.9 Å². The van der Waals surface area contributed by atoms with Crippen molar-refractivity contribution in [2.24, 2.45) is 0 Å². The Morgan fingerprint density at radius 2 is 1.79 bits per heavy atom. The average Bonchev–Trinajstić information content (AvgIpc) is 3.46. The van der Waals surface area contributed by atoms with Gasteiger partial charge in [-0.2, -0.15) is 0 Å². The minimum atomic E-state index is -0.968. The van der Waals surface area contributed by atoms with Gasteiger partial charge >= 0.3 is 6.09 Å². The van der Waals surface area contributed by atoms with Gasteiger partial charge in [0.15, 0.2) is 0 Å². The zero-order valence-electron chi connectivity index (χ0n) is 25.7. The fourth-order valence-electron chi connectivity index (χ4n) is 4.31. The number of likely N-dealkylation sites (tertiary alicyclic amines) is 1. The molecular weight excluding hydrogens is 552 g/mol. The van der Waals surface area contributed by atoms with E-state index in [0.29, 0.717) is 30.8 Å². The molecule has 12 nitrogen and oxygen atoms in total. The topological polar surface area (TPSA) is 149 Å². The number of rotatable bonds is 13. The molecule has 1 saturated heterocycles. The summed E-state index contributed by atoms with van der Waals surface area (Å²) in [7, 11) is 1.56. The smallest absolute Gasteiger partial charge is 0.410 e. The second-order valence-corrected chi connectivity index (χ2v) is 11.2. The van der Waals surface area contributed by atoms with Crippen LogP contribution in [0.25, 0.3) is 0 Å². The summed E-state index contributed by atoms with van der Waals surface area (Å²) >= 11 is 0. The lowest BCUT2D eigenvalue weighted by Gasteiger charge is -2.33. The van der Waals surface area contributed by atoms with E-state index < -0.39 is 41.6 Å². The molecule has 1 aliphatic heterocycles. The lowest BCUT2D eigenvalue weighted by atomic mass is 10.1.